The summed E-state index contributed by atoms with van der Waals surface area (Å²) in [5, 5.41) is 2.82. The van der Waals surface area contributed by atoms with Gasteiger partial charge in [0.1, 0.15) is 5.82 Å². The molecule has 1 amide bonds. The monoisotopic (exact) mass is 250 g/mol. The molecule has 1 aliphatic heterocycles. The number of hydrogen-bond donors (Lipinski definition) is 1. The molecule has 1 fully saturated rings. The maximum atomic E-state index is 12.9. The van der Waals surface area contributed by atoms with E-state index < -0.39 is 0 Å². The Kier molecular flexibility index (Phi) is 4.70. The van der Waals surface area contributed by atoms with Crippen LogP contribution >= 0.6 is 0 Å². The zero-order valence-corrected chi connectivity index (χ0v) is 10.5. The number of halogens is 1. The van der Waals surface area contributed by atoms with Crippen molar-refractivity contribution >= 4 is 5.91 Å². The summed E-state index contributed by atoms with van der Waals surface area (Å²) in [6.07, 6.45) is 3.52. The lowest BCUT2D eigenvalue weighted by Gasteiger charge is -2.14. The van der Waals surface area contributed by atoms with Crippen LogP contribution in [0.1, 0.15) is 29.6 Å². The van der Waals surface area contributed by atoms with Gasteiger partial charge in [-0.3, -0.25) is 4.79 Å². The summed E-state index contributed by atoms with van der Waals surface area (Å²) in [6, 6.07) is 5.77. The Labute approximate surface area is 107 Å². The number of carbonyl (C=O) groups excluding carboxylic acids is 1. The normalized spacial score (nSPS) is 15.8. The van der Waals surface area contributed by atoms with Crippen molar-refractivity contribution in [3.8, 4) is 0 Å². The molecule has 0 atom stereocenters. The molecule has 0 bridgehead atoms. The molecule has 18 heavy (non-hydrogen) atoms. The number of hydrogen-bond acceptors (Lipinski definition) is 2. The fourth-order valence-electron chi connectivity index (χ4n) is 2.24. The molecule has 0 unspecified atom stereocenters. The highest BCUT2D eigenvalue weighted by molar-refractivity contribution is 5.94. The zero-order chi connectivity index (χ0) is 12.8. The lowest BCUT2D eigenvalue weighted by Crippen LogP contribution is -2.28. The van der Waals surface area contributed by atoms with Gasteiger partial charge in [-0.05, 0) is 57.1 Å². The van der Waals surface area contributed by atoms with Gasteiger partial charge in [-0.2, -0.15) is 0 Å². The van der Waals surface area contributed by atoms with Crippen LogP contribution in [0.5, 0.6) is 0 Å². The summed E-state index contributed by atoms with van der Waals surface area (Å²) in [5.74, 6) is -0.573. The quantitative estimate of drug-likeness (QED) is 0.811. The third kappa shape index (κ3) is 3.81. The number of likely N-dealkylation sites (tertiary alicyclic amines) is 1. The van der Waals surface area contributed by atoms with Gasteiger partial charge in [0.15, 0.2) is 0 Å². The van der Waals surface area contributed by atoms with Gasteiger partial charge in [0.25, 0.3) is 5.91 Å². The molecule has 0 aromatic heterocycles. The first-order valence-corrected chi connectivity index (χ1v) is 6.52. The molecule has 0 radical (unpaired) electrons. The molecule has 1 aliphatic rings. The third-order valence-electron chi connectivity index (χ3n) is 3.22. The second-order valence-electron chi connectivity index (χ2n) is 4.67. The van der Waals surface area contributed by atoms with Crippen LogP contribution in [0.25, 0.3) is 0 Å². The van der Waals surface area contributed by atoms with Crippen molar-refractivity contribution in [2.75, 3.05) is 26.2 Å². The van der Waals surface area contributed by atoms with Crippen LogP contribution in [0.2, 0.25) is 0 Å². The van der Waals surface area contributed by atoms with E-state index in [1.54, 1.807) is 12.1 Å². The van der Waals surface area contributed by atoms with Gasteiger partial charge in [-0.25, -0.2) is 4.39 Å². The standard InChI is InChI=1S/C14H19FN2O/c15-13-6-3-5-12(11-13)14(18)16-7-4-10-17-8-1-2-9-17/h3,5-6,11H,1-2,4,7-10H2,(H,16,18). The average molecular weight is 250 g/mol. The summed E-state index contributed by atoms with van der Waals surface area (Å²) < 4.78 is 12.9. The highest BCUT2D eigenvalue weighted by atomic mass is 19.1. The number of rotatable bonds is 5. The molecule has 0 aliphatic carbocycles. The molecule has 1 aromatic rings. The highest BCUT2D eigenvalue weighted by Crippen LogP contribution is 2.07. The Morgan fingerprint density at radius 1 is 1.33 bits per heavy atom. The van der Waals surface area contributed by atoms with Crippen LogP contribution < -0.4 is 5.32 Å². The average Bonchev–Trinajstić information content (AvgIpc) is 2.87. The molecule has 0 saturated carbocycles. The van der Waals surface area contributed by atoms with E-state index in [0.29, 0.717) is 12.1 Å². The topological polar surface area (TPSA) is 32.3 Å². The van der Waals surface area contributed by atoms with Gasteiger partial charge >= 0.3 is 0 Å². The molecular weight excluding hydrogens is 231 g/mol. The lowest BCUT2D eigenvalue weighted by atomic mass is 10.2. The molecule has 4 heteroatoms. The number of nitrogens with one attached hydrogen (secondary N) is 1. The minimum absolute atomic E-state index is 0.198. The van der Waals surface area contributed by atoms with Crippen molar-refractivity contribution in [2.45, 2.75) is 19.3 Å². The second kappa shape index (κ2) is 6.50. The lowest BCUT2D eigenvalue weighted by molar-refractivity contribution is 0.0951. The SMILES string of the molecule is O=C(NCCCN1CCCC1)c1cccc(F)c1. The summed E-state index contributed by atoms with van der Waals surface area (Å²) in [5.41, 5.74) is 0.385. The van der Waals surface area contributed by atoms with Crippen LogP contribution in [-0.2, 0) is 0 Å². The first-order chi connectivity index (χ1) is 8.75. The molecule has 1 N–H and O–H groups in total. The predicted octanol–water partition coefficient (Wildman–Crippen LogP) is 2.04. The Hall–Kier alpha value is -1.42. The maximum Gasteiger partial charge on any atom is 0.251 e. The molecule has 3 nitrogen and oxygen atoms in total. The van der Waals surface area contributed by atoms with Gasteiger partial charge in [-0.15, -0.1) is 0 Å². The van der Waals surface area contributed by atoms with Crippen LogP contribution in [0.3, 0.4) is 0 Å². The smallest absolute Gasteiger partial charge is 0.251 e. The first-order valence-electron chi connectivity index (χ1n) is 6.52. The Bertz CT molecular complexity index is 403. The summed E-state index contributed by atoms with van der Waals surface area (Å²) >= 11 is 0. The molecule has 1 aromatic carbocycles. The molecule has 1 saturated heterocycles. The largest absolute Gasteiger partial charge is 0.352 e. The van der Waals surface area contributed by atoms with Crippen molar-refractivity contribution in [1.29, 1.82) is 0 Å². The Balaban J connectivity index is 1.68. The van der Waals surface area contributed by atoms with Crippen molar-refractivity contribution in [3.63, 3.8) is 0 Å². The van der Waals surface area contributed by atoms with E-state index in [-0.39, 0.29) is 11.7 Å². The van der Waals surface area contributed by atoms with Crippen molar-refractivity contribution in [3.05, 3.63) is 35.6 Å². The minimum atomic E-state index is -0.375. The maximum absolute atomic E-state index is 12.9. The second-order valence-corrected chi connectivity index (χ2v) is 4.67. The van der Waals surface area contributed by atoms with Gasteiger partial charge in [-0.1, -0.05) is 6.07 Å². The van der Waals surface area contributed by atoms with E-state index >= 15 is 0 Å². The van der Waals surface area contributed by atoms with Crippen LogP contribution in [0, 0.1) is 5.82 Å². The molecule has 2 rings (SSSR count). The van der Waals surface area contributed by atoms with Crippen LogP contribution in [-0.4, -0.2) is 37.0 Å². The van der Waals surface area contributed by atoms with Gasteiger partial charge < -0.3 is 10.2 Å². The molecule has 0 spiro atoms. The highest BCUT2D eigenvalue weighted by Gasteiger charge is 2.11. The van der Waals surface area contributed by atoms with Gasteiger partial charge in [0.05, 0.1) is 0 Å². The summed E-state index contributed by atoms with van der Waals surface area (Å²) in [6.45, 7) is 4.03. The van der Waals surface area contributed by atoms with E-state index in [4.69, 9.17) is 0 Å². The number of nitrogens with zero attached hydrogens (tertiary/aromatic N) is 1. The van der Waals surface area contributed by atoms with E-state index in [9.17, 15) is 9.18 Å². The summed E-state index contributed by atoms with van der Waals surface area (Å²) in [4.78, 5) is 14.1. The third-order valence-corrected chi connectivity index (χ3v) is 3.22. The van der Waals surface area contributed by atoms with E-state index in [2.05, 4.69) is 10.2 Å². The van der Waals surface area contributed by atoms with Crippen LogP contribution in [0.15, 0.2) is 24.3 Å². The van der Waals surface area contributed by atoms with Crippen molar-refractivity contribution in [1.82, 2.24) is 10.2 Å². The zero-order valence-electron chi connectivity index (χ0n) is 10.5. The Morgan fingerprint density at radius 2 is 2.11 bits per heavy atom. The van der Waals surface area contributed by atoms with E-state index in [1.165, 1.54) is 38.1 Å². The number of benzene rings is 1. The first kappa shape index (κ1) is 13.0. The van der Waals surface area contributed by atoms with Crippen molar-refractivity contribution in [2.24, 2.45) is 0 Å². The van der Waals surface area contributed by atoms with Gasteiger partial charge in [0, 0.05) is 12.1 Å². The van der Waals surface area contributed by atoms with Crippen molar-refractivity contribution < 1.29 is 9.18 Å². The fourth-order valence-corrected chi connectivity index (χ4v) is 2.24. The Morgan fingerprint density at radius 3 is 2.83 bits per heavy atom. The van der Waals surface area contributed by atoms with E-state index in [1.807, 2.05) is 0 Å². The minimum Gasteiger partial charge on any atom is -0.352 e. The van der Waals surface area contributed by atoms with Gasteiger partial charge in [0.2, 0.25) is 0 Å². The molecule has 98 valence electrons. The molecular formula is C14H19FN2O. The number of amides is 1. The fraction of sp³-hybridized carbons (Fsp3) is 0.500. The van der Waals surface area contributed by atoms with E-state index in [0.717, 1.165) is 13.0 Å². The predicted molar refractivity (Wildman–Crippen MR) is 69.0 cm³/mol. The number of carbonyl (C=O) groups is 1. The molecule has 1 heterocycles. The van der Waals surface area contributed by atoms with Crippen LogP contribution in [0.4, 0.5) is 4.39 Å². The summed E-state index contributed by atoms with van der Waals surface area (Å²) in [7, 11) is 0.